The number of amides is 2. The minimum absolute atomic E-state index is 0.00182. The Kier molecular flexibility index (Phi) is 6.85. The zero-order valence-electron chi connectivity index (χ0n) is 14.5. The quantitative estimate of drug-likeness (QED) is 0.708. The molecule has 144 valence electrons. The number of methoxy groups -OCH3 is 2. The fourth-order valence-electron chi connectivity index (χ4n) is 2.74. The maximum atomic E-state index is 12.6. The number of hydrogen-bond acceptors (Lipinski definition) is 6. The van der Waals surface area contributed by atoms with Gasteiger partial charge in [-0.25, -0.2) is 8.42 Å². The molecule has 1 heterocycles. The van der Waals surface area contributed by atoms with E-state index < -0.39 is 27.7 Å². The van der Waals surface area contributed by atoms with Gasteiger partial charge in [0.05, 0.1) is 30.9 Å². The molecule has 1 N–H and O–H groups in total. The van der Waals surface area contributed by atoms with Gasteiger partial charge < -0.3 is 19.7 Å². The van der Waals surface area contributed by atoms with Crippen molar-refractivity contribution in [1.29, 1.82) is 0 Å². The summed E-state index contributed by atoms with van der Waals surface area (Å²) < 4.78 is 33.6. The fraction of sp³-hybridized carbons (Fsp3) is 0.500. The zero-order valence-corrected chi connectivity index (χ0v) is 16.1. The topological polar surface area (TPSA) is 102 Å². The van der Waals surface area contributed by atoms with Crippen LogP contribution in [-0.4, -0.2) is 70.1 Å². The molecule has 1 aromatic carbocycles. The van der Waals surface area contributed by atoms with Gasteiger partial charge in [-0.2, -0.15) is 0 Å². The van der Waals surface area contributed by atoms with Crippen molar-refractivity contribution in [3.8, 4) is 5.75 Å². The van der Waals surface area contributed by atoms with Gasteiger partial charge in [-0.15, -0.1) is 0 Å². The Bertz CT molecular complexity index is 783. The van der Waals surface area contributed by atoms with Gasteiger partial charge in [0.15, 0.2) is 9.84 Å². The monoisotopic (exact) mass is 404 g/mol. The minimum atomic E-state index is -3.20. The van der Waals surface area contributed by atoms with Gasteiger partial charge in [-0.1, -0.05) is 11.6 Å². The Morgan fingerprint density at radius 2 is 2.08 bits per heavy atom. The molecular weight excluding hydrogens is 384 g/mol. The minimum Gasteiger partial charge on any atom is -0.495 e. The van der Waals surface area contributed by atoms with Crippen molar-refractivity contribution >= 4 is 38.9 Å². The van der Waals surface area contributed by atoms with Gasteiger partial charge in [-0.3, -0.25) is 9.59 Å². The number of sulfone groups is 1. The lowest BCUT2D eigenvalue weighted by atomic mass is 10.2. The van der Waals surface area contributed by atoms with Crippen LogP contribution >= 0.6 is 11.6 Å². The summed E-state index contributed by atoms with van der Waals surface area (Å²) in [7, 11) is -0.315. The molecule has 10 heteroatoms. The molecular formula is C16H21ClN2O6S. The summed E-state index contributed by atoms with van der Waals surface area (Å²) in [6.45, 7) is 0.311. The summed E-state index contributed by atoms with van der Waals surface area (Å²) in [5, 5.41) is 2.84. The number of anilines is 1. The Labute approximate surface area is 157 Å². The van der Waals surface area contributed by atoms with Crippen LogP contribution in [0.4, 0.5) is 5.69 Å². The lowest BCUT2D eigenvalue weighted by Gasteiger charge is -2.27. The highest BCUT2D eigenvalue weighted by Gasteiger charge is 2.36. The molecule has 0 radical (unpaired) electrons. The van der Waals surface area contributed by atoms with Gasteiger partial charge >= 0.3 is 11.8 Å². The highest BCUT2D eigenvalue weighted by atomic mass is 35.5. The number of carbonyl (C=O) groups is 2. The van der Waals surface area contributed by atoms with Crippen molar-refractivity contribution in [3.05, 3.63) is 23.2 Å². The van der Waals surface area contributed by atoms with Crippen LogP contribution < -0.4 is 10.1 Å². The molecule has 1 saturated heterocycles. The van der Waals surface area contributed by atoms with Crippen LogP contribution in [0.2, 0.25) is 5.02 Å². The summed E-state index contributed by atoms with van der Waals surface area (Å²) in [6.07, 6.45) is 0.297. The van der Waals surface area contributed by atoms with Crippen molar-refractivity contribution in [2.75, 3.05) is 44.2 Å². The van der Waals surface area contributed by atoms with E-state index in [2.05, 4.69) is 5.32 Å². The van der Waals surface area contributed by atoms with Gasteiger partial charge in [0, 0.05) is 24.7 Å². The van der Waals surface area contributed by atoms with Crippen molar-refractivity contribution in [3.63, 3.8) is 0 Å². The van der Waals surface area contributed by atoms with E-state index >= 15 is 0 Å². The summed E-state index contributed by atoms with van der Waals surface area (Å²) in [6, 6.07) is 4.07. The molecule has 2 amide bonds. The van der Waals surface area contributed by atoms with Gasteiger partial charge in [-0.05, 0) is 24.6 Å². The standard InChI is InChI=1S/C16H21ClN2O6S/c1-24-7-6-19(12-5-8-26(22,23)10-12)16(21)15(20)18-13-9-11(17)3-4-14(13)25-2/h3-4,9,12H,5-8,10H2,1-2H3,(H,18,20). The van der Waals surface area contributed by atoms with Gasteiger partial charge in [0.1, 0.15) is 5.75 Å². The number of benzene rings is 1. The van der Waals surface area contributed by atoms with Crippen LogP contribution in [0.1, 0.15) is 6.42 Å². The van der Waals surface area contributed by atoms with Gasteiger partial charge in [0.2, 0.25) is 0 Å². The first-order valence-corrected chi connectivity index (χ1v) is 10.1. The third kappa shape index (κ3) is 5.09. The Hall–Kier alpha value is -1.84. The zero-order chi connectivity index (χ0) is 19.3. The second kappa shape index (κ2) is 8.70. The van der Waals surface area contributed by atoms with E-state index in [-0.39, 0.29) is 30.3 Å². The third-order valence-corrected chi connectivity index (χ3v) is 6.04. The second-order valence-corrected chi connectivity index (χ2v) is 8.51. The SMILES string of the molecule is COCCN(C(=O)C(=O)Nc1cc(Cl)ccc1OC)C1CCS(=O)(=O)C1. The molecule has 0 aliphatic carbocycles. The number of rotatable bonds is 6. The Morgan fingerprint density at radius 1 is 1.35 bits per heavy atom. The van der Waals surface area contributed by atoms with Crippen molar-refractivity contribution in [2.24, 2.45) is 0 Å². The lowest BCUT2D eigenvalue weighted by Crippen LogP contribution is -2.48. The summed E-state index contributed by atoms with van der Waals surface area (Å²) in [4.78, 5) is 26.3. The predicted molar refractivity (Wildman–Crippen MR) is 97.3 cm³/mol. The fourth-order valence-corrected chi connectivity index (χ4v) is 4.65. The summed E-state index contributed by atoms with van der Waals surface area (Å²) in [5.41, 5.74) is 0.254. The van der Waals surface area contributed by atoms with E-state index in [0.717, 1.165) is 0 Å². The Morgan fingerprint density at radius 3 is 2.65 bits per heavy atom. The molecule has 1 atom stereocenters. The molecule has 1 aromatic rings. The molecule has 0 aromatic heterocycles. The summed E-state index contributed by atoms with van der Waals surface area (Å²) >= 11 is 5.92. The number of nitrogens with zero attached hydrogens (tertiary/aromatic N) is 1. The molecule has 0 bridgehead atoms. The molecule has 1 aliphatic heterocycles. The molecule has 1 aliphatic rings. The summed E-state index contributed by atoms with van der Waals surface area (Å²) in [5.74, 6) is -1.53. The number of carbonyl (C=O) groups excluding carboxylic acids is 2. The maximum Gasteiger partial charge on any atom is 0.314 e. The molecule has 0 saturated carbocycles. The lowest BCUT2D eigenvalue weighted by molar-refractivity contribution is -0.145. The van der Waals surface area contributed by atoms with E-state index in [9.17, 15) is 18.0 Å². The normalized spacial score (nSPS) is 18.3. The van der Waals surface area contributed by atoms with Crippen LogP contribution in [0.5, 0.6) is 5.75 Å². The van der Waals surface area contributed by atoms with Crippen LogP contribution in [-0.2, 0) is 24.2 Å². The number of ether oxygens (including phenoxy) is 2. The number of nitrogens with one attached hydrogen (secondary N) is 1. The first kappa shape index (κ1) is 20.5. The average Bonchev–Trinajstić information content (AvgIpc) is 2.95. The first-order chi connectivity index (χ1) is 12.3. The van der Waals surface area contributed by atoms with E-state index in [1.165, 1.54) is 25.2 Å². The number of halogens is 1. The van der Waals surface area contributed by atoms with Crippen molar-refractivity contribution in [2.45, 2.75) is 12.5 Å². The van der Waals surface area contributed by atoms with E-state index in [0.29, 0.717) is 17.2 Å². The van der Waals surface area contributed by atoms with Gasteiger partial charge in [0.25, 0.3) is 0 Å². The van der Waals surface area contributed by atoms with Crippen LogP contribution in [0.15, 0.2) is 18.2 Å². The molecule has 26 heavy (non-hydrogen) atoms. The van der Waals surface area contributed by atoms with E-state index in [1.54, 1.807) is 12.1 Å². The molecule has 2 rings (SSSR count). The van der Waals surface area contributed by atoms with Crippen molar-refractivity contribution < 1.29 is 27.5 Å². The van der Waals surface area contributed by atoms with Crippen LogP contribution in [0.25, 0.3) is 0 Å². The second-order valence-electron chi connectivity index (χ2n) is 5.85. The van der Waals surface area contributed by atoms with E-state index in [4.69, 9.17) is 21.1 Å². The molecule has 1 unspecified atom stereocenters. The third-order valence-electron chi connectivity index (χ3n) is 4.05. The smallest absolute Gasteiger partial charge is 0.314 e. The number of hydrogen-bond donors (Lipinski definition) is 1. The molecule has 1 fully saturated rings. The highest BCUT2D eigenvalue weighted by Crippen LogP contribution is 2.28. The first-order valence-electron chi connectivity index (χ1n) is 7.92. The van der Waals surface area contributed by atoms with E-state index in [1.807, 2.05) is 0 Å². The van der Waals surface area contributed by atoms with Crippen LogP contribution in [0.3, 0.4) is 0 Å². The maximum absolute atomic E-state index is 12.6. The largest absolute Gasteiger partial charge is 0.495 e. The van der Waals surface area contributed by atoms with Crippen molar-refractivity contribution in [1.82, 2.24) is 4.90 Å². The Balaban J connectivity index is 2.17. The molecule has 8 nitrogen and oxygen atoms in total. The van der Waals surface area contributed by atoms with Crippen LogP contribution in [0, 0.1) is 0 Å². The molecule has 0 spiro atoms. The average molecular weight is 405 g/mol. The highest BCUT2D eigenvalue weighted by molar-refractivity contribution is 7.91. The predicted octanol–water partition coefficient (Wildman–Crippen LogP) is 0.949.